The number of hydrogen-bond donors (Lipinski definition) is 2. The van der Waals surface area contributed by atoms with Crippen molar-refractivity contribution in [3.63, 3.8) is 0 Å². The average Bonchev–Trinajstić information content (AvgIpc) is 2.90. The monoisotopic (exact) mass is 429 g/mol. The predicted octanol–water partition coefficient (Wildman–Crippen LogP) is 3.56. The molecule has 0 spiro atoms. The Hall–Kier alpha value is -4.53. The van der Waals surface area contributed by atoms with Gasteiger partial charge in [-0.2, -0.15) is 0 Å². The van der Waals surface area contributed by atoms with Crippen molar-refractivity contribution in [3.8, 4) is 0 Å². The molecule has 160 valence electrons. The Morgan fingerprint density at radius 2 is 1.75 bits per heavy atom. The van der Waals surface area contributed by atoms with Gasteiger partial charge in [-0.25, -0.2) is 9.79 Å². The number of nitrogens with zero attached hydrogens (tertiary/aromatic N) is 3. The third-order valence-corrected chi connectivity index (χ3v) is 4.97. The van der Waals surface area contributed by atoms with Crippen molar-refractivity contribution in [2.75, 3.05) is 17.3 Å². The van der Waals surface area contributed by atoms with E-state index in [1.807, 2.05) is 54.6 Å². The second-order valence-corrected chi connectivity index (χ2v) is 7.07. The number of urea groups is 1. The Labute approximate surface area is 183 Å². The molecule has 1 heterocycles. The number of benzene rings is 3. The number of amides is 3. The molecule has 0 radical (unpaired) electrons. The lowest BCUT2D eigenvalue weighted by Crippen LogP contribution is -2.47. The maximum Gasteiger partial charge on any atom is 0.321 e. The van der Waals surface area contributed by atoms with Crippen molar-refractivity contribution in [3.05, 3.63) is 100 Å². The van der Waals surface area contributed by atoms with E-state index >= 15 is 0 Å². The van der Waals surface area contributed by atoms with Crippen molar-refractivity contribution >= 4 is 34.7 Å². The number of nitro groups is 1. The zero-order valence-corrected chi connectivity index (χ0v) is 17.1. The predicted molar refractivity (Wildman–Crippen MR) is 121 cm³/mol. The first-order valence-electron chi connectivity index (χ1n) is 9.76. The number of benzodiazepines with no additional fused rings is 1. The fourth-order valence-electron chi connectivity index (χ4n) is 3.43. The number of para-hydroxylation sites is 1. The number of rotatable bonds is 4. The molecule has 3 amide bonds. The van der Waals surface area contributed by atoms with Crippen molar-refractivity contribution < 1.29 is 14.5 Å². The van der Waals surface area contributed by atoms with E-state index in [0.29, 0.717) is 11.4 Å². The van der Waals surface area contributed by atoms with Crippen molar-refractivity contribution in [2.45, 2.75) is 6.17 Å². The summed E-state index contributed by atoms with van der Waals surface area (Å²) in [6, 6.07) is 21.6. The van der Waals surface area contributed by atoms with E-state index in [1.165, 1.54) is 29.2 Å². The number of carbonyl (C=O) groups excluding carboxylic acids is 2. The van der Waals surface area contributed by atoms with Crippen LogP contribution in [0.4, 0.5) is 21.9 Å². The quantitative estimate of drug-likeness (QED) is 0.487. The van der Waals surface area contributed by atoms with E-state index in [0.717, 1.165) is 11.1 Å². The molecular weight excluding hydrogens is 410 g/mol. The molecule has 0 bridgehead atoms. The Morgan fingerprint density at radius 3 is 2.50 bits per heavy atom. The van der Waals surface area contributed by atoms with Crippen LogP contribution in [-0.4, -0.2) is 35.8 Å². The highest BCUT2D eigenvalue weighted by molar-refractivity contribution is 6.20. The fourth-order valence-corrected chi connectivity index (χ4v) is 3.43. The molecule has 0 aromatic heterocycles. The van der Waals surface area contributed by atoms with E-state index in [-0.39, 0.29) is 11.4 Å². The van der Waals surface area contributed by atoms with Gasteiger partial charge in [-0.15, -0.1) is 0 Å². The first kappa shape index (κ1) is 20.7. The zero-order chi connectivity index (χ0) is 22.7. The molecule has 4 rings (SSSR count). The summed E-state index contributed by atoms with van der Waals surface area (Å²) in [7, 11) is 1.62. The summed E-state index contributed by atoms with van der Waals surface area (Å²) < 4.78 is 0. The highest BCUT2D eigenvalue weighted by Crippen LogP contribution is 2.27. The number of anilines is 2. The van der Waals surface area contributed by atoms with Crippen LogP contribution in [0, 0.1) is 10.1 Å². The van der Waals surface area contributed by atoms with Crippen molar-refractivity contribution in [2.24, 2.45) is 4.99 Å². The van der Waals surface area contributed by atoms with Gasteiger partial charge >= 0.3 is 6.03 Å². The summed E-state index contributed by atoms with van der Waals surface area (Å²) in [5.41, 5.74) is 2.87. The summed E-state index contributed by atoms with van der Waals surface area (Å²) in [4.78, 5) is 42.2. The topological polar surface area (TPSA) is 117 Å². The van der Waals surface area contributed by atoms with Gasteiger partial charge in [0.25, 0.3) is 11.6 Å². The lowest BCUT2D eigenvalue weighted by Gasteiger charge is -2.21. The third-order valence-electron chi connectivity index (χ3n) is 4.97. The number of carbonyl (C=O) groups is 2. The Kier molecular flexibility index (Phi) is 5.63. The normalized spacial score (nSPS) is 15.3. The molecular formula is C23H19N5O4. The highest BCUT2D eigenvalue weighted by atomic mass is 16.6. The first-order valence-corrected chi connectivity index (χ1v) is 9.76. The highest BCUT2D eigenvalue weighted by Gasteiger charge is 2.31. The molecule has 0 aliphatic carbocycles. The standard InChI is InChI=1S/C23H19N5O4/c1-27-19-13-6-5-12-18(19)20(15-8-3-2-4-9-15)25-21(22(27)29)26-23(30)24-16-10-7-11-17(14-16)28(31)32/h2-14,21H,1H3,(H2,24,26,30)/t21-/m1/s1. The molecule has 2 N–H and O–H groups in total. The Morgan fingerprint density at radius 1 is 1.03 bits per heavy atom. The molecule has 0 saturated carbocycles. The van der Waals surface area contributed by atoms with E-state index in [2.05, 4.69) is 15.6 Å². The lowest BCUT2D eigenvalue weighted by molar-refractivity contribution is -0.384. The van der Waals surface area contributed by atoms with Crippen molar-refractivity contribution in [1.82, 2.24) is 5.32 Å². The summed E-state index contributed by atoms with van der Waals surface area (Å²) in [5, 5.41) is 16.1. The smallest absolute Gasteiger partial charge is 0.311 e. The van der Waals surface area contributed by atoms with Gasteiger partial charge in [0.1, 0.15) is 0 Å². The number of non-ortho nitro benzene ring substituents is 1. The minimum Gasteiger partial charge on any atom is -0.311 e. The van der Waals surface area contributed by atoms with Gasteiger partial charge in [-0.05, 0) is 12.1 Å². The summed E-state index contributed by atoms with van der Waals surface area (Å²) in [6.07, 6.45) is -1.19. The van der Waals surface area contributed by atoms with Gasteiger partial charge in [-0.1, -0.05) is 54.6 Å². The lowest BCUT2D eigenvalue weighted by atomic mass is 10.0. The van der Waals surface area contributed by atoms with Gasteiger partial charge in [0.15, 0.2) is 0 Å². The molecule has 0 saturated heterocycles. The van der Waals surface area contributed by atoms with Gasteiger partial charge in [0.05, 0.1) is 16.3 Å². The van der Waals surface area contributed by atoms with Crippen LogP contribution in [0.5, 0.6) is 0 Å². The molecule has 1 aliphatic rings. The molecule has 1 atom stereocenters. The zero-order valence-electron chi connectivity index (χ0n) is 17.1. The maximum atomic E-state index is 13.1. The van der Waals surface area contributed by atoms with Crippen LogP contribution in [0.25, 0.3) is 0 Å². The van der Waals surface area contributed by atoms with Crippen LogP contribution < -0.4 is 15.5 Å². The molecule has 0 fully saturated rings. The molecule has 1 aliphatic heterocycles. The van der Waals surface area contributed by atoms with E-state index in [9.17, 15) is 19.7 Å². The second kappa shape index (κ2) is 8.68. The van der Waals surface area contributed by atoms with Crippen LogP contribution in [0.1, 0.15) is 11.1 Å². The van der Waals surface area contributed by atoms with E-state index in [1.54, 1.807) is 7.05 Å². The number of fused-ring (bicyclic) bond motifs is 1. The van der Waals surface area contributed by atoms with Gasteiger partial charge in [0, 0.05) is 36.0 Å². The molecule has 3 aromatic carbocycles. The van der Waals surface area contributed by atoms with Crippen LogP contribution in [0.15, 0.2) is 83.9 Å². The molecule has 32 heavy (non-hydrogen) atoms. The molecule has 0 unspecified atom stereocenters. The Bertz CT molecular complexity index is 1230. The third kappa shape index (κ3) is 4.17. The SMILES string of the molecule is CN1C(=O)[C@@H](NC(=O)Nc2cccc([N+](=O)[O-])c2)N=C(c2ccccc2)c2ccccc21. The molecule has 3 aromatic rings. The summed E-state index contributed by atoms with van der Waals surface area (Å²) >= 11 is 0. The van der Waals surface area contributed by atoms with Crippen LogP contribution in [0.3, 0.4) is 0 Å². The summed E-state index contributed by atoms with van der Waals surface area (Å²) in [6.45, 7) is 0. The van der Waals surface area contributed by atoms with Crippen molar-refractivity contribution in [1.29, 1.82) is 0 Å². The summed E-state index contributed by atoms with van der Waals surface area (Å²) in [5.74, 6) is -0.419. The maximum absolute atomic E-state index is 13.1. The van der Waals surface area contributed by atoms with Crippen LogP contribution in [0.2, 0.25) is 0 Å². The Balaban J connectivity index is 1.66. The van der Waals surface area contributed by atoms with Gasteiger partial charge in [0.2, 0.25) is 6.17 Å². The number of nitrogens with one attached hydrogen (secondary N) is 2. The number of nitro benzene ring substituents is 1. The van der Waals surface area contributed by atoms with E-state index < -0.39 is 23.0 Å². The average molecular weight is 429 g/mol. The molecule has 9 heteroatoms. The van der Waals surface area contributed by atoms with E-state index in [4.69, 9.17) is 0 Å². The molecule has 9 nitrogen and oxygen atoms in total. The van der Waals surface area contributed by atoms with Crippen LogP contribution in [-0.2, 0) is 4.79 Å². The fraction of sp³-hybridized carbons (Fsp3) is 0.0870. The number of aliphatic imine (C=N–C) groups is 1. The number of hydrogen-bond acceptors (Lipinski definition) is 5. The second-order valence-electron chi connectivity index (χ2n) is 7.07. The van der Waals surface area contributed by atoms with Gasteiger partial charge < -0.3 is 15.5 Å². The minimum atomic E-state index is -1.19. The van der Waals surface area contributed by atoms with Gasteiger partial charge in [-0.3, -0.25) is 14.9 Å². The minimum absolute atomic E-state index is 0.159. The van der Waals surface area contributed by atoms with Crippen LogP contribution >= 0.6 is 0 Å². The number of likely N-dealkylation sites (N-methyl/N-ethyl adjacent to an activating group) is 1. The largest absolute Gasteiger partial charge is 0.321 e. The first-order chi connectivity index (χ1) is 15.4.